The summed E-state index contributed by atoms with van der Waals surface area (Å²) in [6.45, 7) is 8.97. The van der Waals surface area contributed by atoms with Crippen molar-refractivity contribution in [1.82, 2.24) is 9.80 Å². The van der Waals surface area contributed by atoms with Gasteiger partial charge >= 0.3 is 0 Å². The minimum absolute atomic E-state index is 0.783. The van der Waals surface area contributed by atoms with Gasteiger partial charge in [-0.25, -0.2) is 0 Å². The predicted molar refractivity (Wildman–Crippen MR) is 143 cm³/mol. The summed E-state index contributed by atoms with van der Waals surface area (Å²) in [6.07, 6.45) is 10.4. The lowest BCUT2D eigenvalue weighted by molar-refractivity contribution is 0.205. The van der Waals surface area contributed by atoms with Gasteiger partial charge in [0.1, 0.15) is 11.5 Å². The van der Waals surface area contributed by atoms with E-state index in [9.17, 15) is 0 Å². The minimum Gasteiger partial charge on any atom is -0.494 e. The van der Waals surface area contributed by atoms with Crippen molar-refractivity contribution in [2.45, 2.75) is 51.4 Å². The Morgan fingerprint density at radius 3 is 1.24 bits per heavy atom. The van der Waals surface area contributed by atoms with Gasteiger partial charge in [0, 0.05) is 24.5 Å². The summed E-state index contributed by atoms with van der Waals surface area (Å²) in [5, 5.41) is 0. The van der Waals surface area contributed by atoms with Crippen LogP contribution >= 0.6 is 0 Å². The van der Waals surface area contributed by atoms with E-state index in [4.69, 9.17) is 20.9 Å². The zero-order chi connectivity index (χ0) is 23.8. The first-order valence-electron chi connectivity index (χ1n) is 13.1. The molecule has 0 aliphatic carbocycles. The summed E-state index contributed by atoms with van der Waals surface area (Å²) in [5.74, 6) is 1.83. The summed E-state index contributed by atoms with van der Waals surface area (Å²) in [6, 6.07) is 15.2. The average Bonchev–Trinajstić information content (AvgIpc) is 2.88. The van der Waals surface area contributed by atoms with E-state index in [1.54, 1.807) is 0 Å². The number of anilines is 2. The SMILES string of the molecule is Nc1ccc(OCCCN2CCCCC2)cc1.Nc1ccc(OCCCN2CCCCC2)cc1. The van der Waals surface area contributed by atoms with E-state index in [-0.39, 0.29) is 0 Å². The standard InChI is InChI=1S/2C14H22N2O/c2*15-13-5-7-14(8-6-13)17-12-4-11-16-9-2-1-3-10-16/h2*5-8H,1-4,9-12,15H2. The Hall–Kier alpha value is -2.44. The molecule has 6 nitrogen and oxygen atoms in total. The highest BCUT2D eigenvalue weighted by molar-refractivity contribution is 5.42. The topological polar surface area (TPSA) is 77.0 Å². The summed E-state index contributed by atoms with van der Waals surface area (Å²) in [7, 11) is 0. The quantitative estimate of drug-likeness (QED) is 0.375. The van der Waals surface area contributed by atoms with Crippen LogP contribution in [0.4, 0.5) is 11.4 Å². The Morgan fingerprint density at radius 2 is 0.882 bits per heavy atom. The number of nitrogens with zero attached hydrogens (tertiary/aromatic N) is 2. The normalized spacial score (nSPS) is 16.9. The summed E-state index contributed by atoms with van der Waals surface area (Å²) in [5.41, 5.74) is 12.8. The molecular weight excluding hydrogens is 424 g/mol. The van der Waals surface area contributed by atoms with Crippen LogP contribution in [-0.4, -0.2) is 62.3 Å². The zero-order valence-electron chi connectivity index (χ0n) is 20.8. The van der Waals surface area contributed by atoms with Crippen LogP contribution in [0.3, 0.4) is 0 Å². The molecule has 0 aromatic heterocycles. The molecule has 2 aliphatic heterocycles. The fourth-order valence-corrected chi connectivity index (χ4v) is 4.45. The van der Waals surface area contributed by atoms with Gasteiger partial charge in [-0.1, -0.05) is 12.8 Å². The Kier molecular flexibility index (Phi) is 11.9. The highest BCUT2D eigenvalue weighted by Gasteiger charge is 2.09. The number of ether oxygens (including phenoxy) is 2. The Morgan fingerprint density at radius 1 is 0.529 bits per heavy atom. The first-order chi connectivity index (χ1) is 16.7. The Balaban J connectivity index is 0.000000191. The van der Waals surface area contributed by atoms with E-state index in [0.717, 1.165) is 62.0 Å². The monoisotopic (exact) mass is 468 g/mol. The molecule has 2 aliphatic rings. The molecule has 0 bridgehead atoms. The molecule has 4 N–H and O–H groups in total. The van der Waals surface area contributed by atoms with Gasteiger partial charge in [0.2, 0.25) is 0 Å². The van der Waals surface area contributed by atoms with Crippen LogP contribution in [-0.2, 0) is 0 Å². The van der Waals surface area contributed by atoms with Crippen molar-refractivity contribution < 1.29 is 9.47 Å². The van der Waals surface area contributed by atoms with Gasteiger partial charge in [0.25, 0.3) is 0 Å². The Bertz CT molecular complexity index is 702. The lowest BCUT2D eigenvalue weighted by atomic mass is 10.1. The highest BCUT2D eigenvalue weighted by atomic mass is 16.5. The molecule has 0 saturated carbocycles. The van der Waals surface area contributed by atoms with Gasteiger partial charge in [-0.15, -0.1) is 0 Å². The van der Waals surface area contributed by atoms with Crippen LogP contribution in [0.15, 0.2) is 48.5 Å². The van der Waals surface area contributed by atoms with E-state index in [0.29, 0.717) is 0 Å². The third-order valence-electron chi connectivity index (χ3n) is 6.43. The first kappa shape index (κ1) is 26.2. The molecule has 34 heavy (non-hydrogen) atoms. The van der Waals surface area contributed by atoms with Crippen molar-refractivity contribution in [1.29, 1.82) is 0 Å². The Labute approximate surface area is 206 Å². The number of rotatable bonds is 10. The van der Waals surface area contributed by atoms with E-state index in [1.807, 2.05) is 48.5 Å². The maximum Gasteiger partial charge on any atom is 0.119 e. The third kappa shape index (κ3) is 10.7. The number of nitrogens with two attached hydrogens (primary N) is 2. The first-order valence-corrected chi connectivity index (χ1v) is 13.1. The van der Waals surface area contributed by atoms with Crippen molar-refractivity contribution in [2.75, 3.05) is 63.9 Å². The van der Waals surface area contributed by atoms with Gasteiger partial charge in [-0.2, -0.15) is 0 Å². The highest BCUT2D eigenvalue weighted by Crippen LogP contribution is 2.15. The fraction of sp³-hybridized carbons (Fsp3) is 0.571. The van der Waals surface area contributed by atoms with Gasteiger partial charge in [0.15, 0.2) is 0 Å². The zero-order valence-corrected chi connectivity index (χ0v) is 20.8. The molecule has 0 spiro atoms. The van der Waals surface area contributed by atoms with Crippen LogP contribution in [0.25, 0.3) is 0 Å². The lowest BCUT2D eigenvalue weighted by Gasteiger charge is -2.26. The molecule has 0 atom stereocenters. The molecule has 6 heteroatoms. The predicted octanol–water partition coefficient (Wildman–Crippen LogP) is 5.05. The molecule has 2 heterocycles. The number of benzene rings is 2. The maximum absolute atomic E-state index is 5.67. The lowest BCUT2D eigenvalue weighted by Crippen LogP contribution is -2.31. The van der Waals surface area contributed by atoms with Crippen molar-refractivity contribution >= 4 is 11.4 Å². The maximum atomic E-state index is 5.67. The summed E-state index contributed by atoms with van der Waals surface area (Å²) >= 11 is 0. The largest absolute Gasteiger partial charge is 0.494 e. The summed E-state index contributed by atoms with van der Waals surface area (Å²) in [4.78, 5) is 5.08. The molecule has 2 aromatic carbocycles. The molecular formula is C28H44N4O2. The molecule has 4 rings (SSSR count). The molecule has 0 amide bonds. The van der Waals surface area contributed by atoms with Crippen LogP contribution in [0.2, 0.25) is 0 Å². The number of piperidine rings is 2. The number of likely N-dealkylation sites (tertiary alicyclic amines) is 2. The van der Waals surface area contributed by atoms with Gasteiger partial charge in [-0.05, 0) is 113 Å². The average molecular weight is 469 g/mol. The molecule has 2 saturated heterocycles. The molecule has 0 radical (unpaired) electrons. The van der Waals surface area contributed by atoms with Crippen LogP contribution in [0, 0.1) is 0 Å². The second-order valence-electron chi connectivity index (χ2n) is 9.35. The van der Waals surface area contributed by atoms with E-state index in [2.05, 4.69) is 9.80 Å². The molecule has 2 aromatic rings. The number of nitrogen functional groups attached to an aromatic ring is 2. The summed E-state index contributed by atoms with van der Waals surface area (Å²) < 4.78 is 11.3. The number of hydrogen-bond donors (Lipinski definition) is 2. The van der Waals surface area contributed by atoms with Crippen LogP contribution < -0.4 is 20.9 Å². The minimum atomic E-state index is 0.783. The second-order valence-corrected chi connectivity index (χ2v) is 9.35. The number of hydrogen-bond acceptors (Lipinski definition) is 6. The van der Waals surface area contributed by atoms with Gasteiger partial charge < -0.3 is 30.7 Å². The van der Waals surface area contributed by atoms with E-state index in [1.165, 1.54) is 64.7 Å². The molecule has 0 unspecified atom stereocenters. The van der Waals surface area contributed by atoms with Crippen molar-refractivity contribution in [2.24, 2.45) is 0 Å². The van der Waals surface area contributed by atoms with Crippen molar-refractivity contribution in [3.63, 3.8) is 0 Å². The smallest absolute Gasteiger partial charge is 0.119 e. The second kappa shape index (κ2) is 15.5. The molecule has 188 valence electrons. The van der Waals surface area contributed by atoms with E-state index < -0.39 is 0 Å². The van der Waals surface area contributed by atoms with Crippen LogP contribution in [0.5, 0.6) is 11.5 Å². The van der Waals surface area contributed by atoms with Crippen molar-refractivity contribution in [3.05, 3.63) is 48.5 Å². The van der Waals surface area contributed by atoms with Gasteiger partial charge in [0.05, 0.1) is 13.2 Å². The molecule has 2 fully saturated rings. The van der Waals surface area contributed by atoms with E-state index >= 15 is 0 Å². The fourth-order valence-electron chi connectivity index (χ4n) is 4.45. The van der Waals surface area contributed by atoms with Gasteiger partial charge in [-0.3, -0.25) is 0 Å². The van der Waals surface area contributed by atoms with Crippen LogP contribution in [0.1, 0.15) is 51.4 Å². The van der Waals surface area contributed by atoms with Crippen molar-refractivity contribution in [3.8, 4) is 11.5 Å². The third-order valence-corrected chi connectivity index (χ3v) is 6.43.